The van der Waals surface area contributed by atoms with Gasteiger partial charge in [-0.15, -0.1) is 0 Å². The third kappa shape index (κ3) is 8.94. The van der Waals surface area contributed by atoms with Crippen LogP contribution in [0.1, 0.15) is 6.92 Å². The topological polar surface area (TPSA) is 308 Å². The molecule has 0 aromatic carbocycles. The van der Waals surface area contributed by atoms with E-state index in [1.807, 2.05) is 0 Å². The van der Waals surface area contributed by atoms with Gasteiger partial charge in [-0.25, -0.2) is 13.2 Å². The monoisotopic (exact) mass is 607 g/mol. The predicted octanol–water partition coefficient (Wildman–Crippen LogP) is -4.53. The fraction of sp³-hybridized carbons (Fsp3) is 0.929. The Morgan fingerprint density at radius 3 is 1.97 bits per heavy atom. The number of aliphatic hydroxyl groups excluding tert-OH is 2. The molecule has 37 heavy (non-hydrogen) atoms. The number of ether oxygens (including phenoxy) is 4. The molecule has 2 aliphatic heterocycles. The molecule has 0 aliphatic carbocycles. The van der Waals surface area contributed by atoms with Gasteiger partial charge in [0.05, 0.1) is 18.8 Å². The molecule has 2 rings (SSSR count). The second-order valence-electron chi connectivity index (χ2n) is 7.74. The molecule has 218 valence electrons. The number of hydrogen-bond acceptors (Lipinski definition) is 15. The molecule has 0 aromatic heterocycles. The number of rotatable bonds is 11. The number of aliphatic carboxylic acids is 1. The average molecular weight is 608 g/mol. The van der Waals surface area contributed by atoms with Crippen molar-refractivity contribution in [2.24, 2.45) is 0 Å². The van der Waals surface area contributed by atoms with Gasteiger partial charge in [-0.3, -0.25) is 13.7 Å². The smallest absolute Gasteiger partial charge is 0.397 e. The first-order chi connectivity index (χ1) is 16.7. The van der Waals surface area contributed by atoms with E-state index in [-0.39, 0.29) is 0 Å². The lowest BCUT2D eigenvalue weighted by Crippen LogP contribution is -2.67. The van der Waals surface area contributed by atoms with Gasteiger partial charge in [0, 0.05) is 7.11 Å². The van der Waals surface area contributed by atoms with Crippen LogP contribution in [-0.4, -0.2) is 135 Å². The molecule has 0 saturated carbocycles. The van der Waals surface area contributed by atoms with Gasteiger partial charge in [-0.05, 0) is 6.92 Å². The fourth-order valence-corrected chi connectivity index (χ4v) is 5.19. The van der Waals surface area contributed by atoms with Gasteiger partial charge >= 0.3 is 37.1 Å². The summed E-state index contributed by atoms with van der Waals surface area (Å²) in [6, 6.07) is -1.72. The quantitative estimate of drug-likeness (QED) is 0.109. The first-order valence-electron chi connectivity index (χ1n) is 9.84. The van der Waals surface area contributed by atoms with Gasteiger partial charge in [0.25, 0.3) is 0 Å². The molecule has 10 atom stereocenters. The highest BCUT2D eigenvalue weighted by Gasteiger charge is 2.54. The van der Waals surface area contributed by atoms with Crippen molar-refractivity contribution < 1.29 is 86.3 Å². The summed E-state index contributed by atoms with van der Waals surface area (Å²) in [7, 11) is -14.5. The van der Waals surface area contributed by atoms with Crippen LogP contribution in [0.25, 0.3) is 0 Å². The molecule has 0 aromatic rings. The minimum absolute atomic E-state index is 0.924. The van der Waals surface area contributed by atoms with Gasteiger partial charge in [0.15, 0.2) is 18.5 Å². The summed E-state index contributed by atoms with van der Waals surface area (Å²) in [6.07, 6.45) is -17.8. The average Bonchev–Trinajstić information content (AvgIpc) is 2.71. The molecule has 4 unspecified atom stereocenters. The van der Waals surface area contributed by atoms with Gasteiger partial charge < -0.3 is 34.3 Å². The molecule has 2 saturated heterocycles. The predicted molar refractivity (Wildman–Crippen MR) is 111 cm³/mol. The molecule has 0 bridgehead atoms. The van der Waals surface area contributed by atoms with E-state index in [1.165, 1.54) is 0 Å². The summed E-state index contributed by atoms with van der Waals surface area (Å²) in [5, 5.41) is 30.7. The third-order valence-electron chi connectivity index (χ3n) is 5.19. The van der Waals surface area contributed by atoms with Crippen molar-refractivity contribution in [3.05, 3.63) is 0 Å². The van der Waals surface area contributed by atoms with E-state index in [2.05, 4.69) is 8.37 Å². The van der Waals surface area contributed by atoms with E-state index < -0.39 is 105 Å². The van der Waals surface area contributed by atoms with Crippen LogP contribution in [0.4, 0.5) is 0 Å². The van der Waals surface area contributed by atoms with E-state index >= 15 is 0 Å². The zero-order valence-corrected chi connectivity index (χ0v) is 21.1. The maximum Gasteiger partial charge on any atom is 0.397 e. The van der Waals surface area contributed by atoms with Crippen LogP contribution in [0.15, 0.2) is 0 Å². The van der Waals surface area contributed by atoms with E-state index in [9.17, 15) is 45.4 Å². The Morgan fingerprint density at radius 1 is 0.919 bits per heavy atom. The van der Waals surface area contributed by atoms with Gasteiger partial charge in [0.1, 0.15) is 30.5 Å². The maximum atomic E-state index is 11.6. The summed E-state index contributed by atoms with van der Waals surface area (Å²) < 4.78 is 125. The number of aliphatic hydroxyl groups is 2. The minimum Gasteiger partial charge on any atom is -0.479 e. The Balaban J connectivity index is 2.49. The van der Waals surface area contributed by atoms with E-state index in [1.54, 1.807) is 4.72 Å². The first-order valence-corrected chi connectivity index (χ1v) is 14.0. The Kier molecular flexibility index (Phi) is 10.3. The molecular formula is C14H25NO19S3. The van der Waals surface area contributed by atoms with Crippen LogP contribution >= 0.6 is 0 Å². The summed E-state index contributed by atoms with van der Waals surface area (Å²) in [5.74, 6) is -1.75. The number of carbonyl (C=O) groups is 1. The zero-order valence-electron chi connectivity index (χ0n) is 18.7. The maximum absolute atomic E-state index is 11.6. The van der Waals surface area contributed by atoms with Crippen molar-refractivity contribution >= 4 is 37.1 Å². The van der Waals surface area contributed by atoms with Crippen LogP contribution in [0.2, 0.25) is 0 Å². The lowest BCUT2D eigenvalue weighted by molar-refractivity contribution is -0.327. The Bertz CT molecular complexity index is 1120. The van der Waals surface area contributed by atoms with Gasteiger partial charge in [-0.2, -0.15) is 30.0 Å². The summed E-state index contributed by atoms with van der Waals surface area (Å²) in [4.78, 5) is 11.6. The van der Waals surface area contributed by atoms with Crippen molar-refractivity contribution in [2.75, 3.05) is 13.7 Å². The number of methoxy groups -OCH3 is 1. The van der Waals surface area contributed by atoms with Crippen molar-refractivity contribution in [1.82, 2.24) is 4.72 Å². The number of carboxylic acid groups (broad SMARTS) is 1. The van der Waals surface area contributed by atoms with Gasteiger partial charge in [-0.1, -0.05) is 0 Å². The normalized spacial score (nSPS) is 37.8. The minimum atomic E-state index is -5.38. The van der Waals surface area contributed by atoms with E-state index in [0.717, 1.165) is 14.0 Å². The lowest BCUT2D eigenvalue weighted by Gasteiger charge is -2.47. The molecular weight excluding hydrogens is 582 g/mol. The first kappa shape index (κ1) is 32.1. The highest BCUT2D eigenvalue weighted by atomic mass is 32.3. The SMILES string of the molecule is CO[C@H]1C(C(=O)O)O[C@@H](O[C@H]2C(COS(=O)(=O)O)O[C@@H](C)C(NS(=O)(=O)O)[C@H]2O)C(OS(=O)(=O)O)[C@@H]1O. The summed E-state index contributed by atoms with van der Waals surface area (Å²) in [5.41, 5.74) is 0. The Hall–Kier alpha value is -1.16. The number of hydrogen-bond donors (Lipinski definition) is 7. The van der Waals surface area contributed by atoms with Gasteiger partial charge in [0.2, 0.25) is 0 Å². The zero-order chi connectivity index (χ0) is 28.5. The Labute approximate surface area is 210 Å². The number of nitrogens with one attached hydrogen (secondary N) is 1. The molecule has 2 fully saturated rings. The molecule has 2 heterocycles. The second-order valence-corrected chi connectivity index (χ2v) is 11.1. The van der Waals surface area contributed by atoms with Crippen LogP contribution in [0.5, 0.6) is 0 Å². The second kappa shape index (κ2) is 11.9. The van der Waals surface area contributed by atoms with Crippen molar-refractivity contribution in [3.8, 4) is 0 Å². The van der Waals surface area contributed by atoms with Crippen molar-refractivity contribution in [3.63, 3.8) is 0 Å². The van der Waals surface area contributed by atoms with Crippen LogP contribution < -0.4 is 4.72 Å². The molecule has 20 nitrogen and oxygen atoms in total. The number of carboxylic acids is 1. The molecule has 23 heteroatoms. The standard InChI is InChI=1S/C14H25NO19S3/c1-4-6(15-35(20,21)22)7(16)9(5(31-4)3-30-36(23,24)25)32-14-11(34-37(26,27)28)8(17)10(29-2)12(33-14)13(18)19/h4-12,14-17H,3H2,1-2H3,(H,18,19)(H,20,21,22)(H,23,24,25)(H,26,27,28)/t4-,5?,6?,7+,8+,9-,10+,11?,12?,14+/m0/s1. The summed E-state index contributed by atoms with van der Waals surface area (Å²) >= 11 is 0. The highest BCUT2D eigenvalue weighted by molar-refractivity contribution is 7.83. The van der Waals surface area contributed by atoms with Crippen LogP contribution in [-0.2, 0) is 63.2 Å². The highest BCUT2D eigenvalue weighted by Crippen LogP contribution is 2.32. The van der Waals surface area contributed by atoms with Crippen LogP contribution in [0, 0.1) is 0 Å². The molecule has 2 aliphatic rings. The lowest BCUT2D eigenvalue weighted by atomic mass is 9.93. The van der Waals surface area contributed by atoms with E-state index in [0.29, 0.717) is 0 Å². The largest absolute Gasteiger partial charge is 0.479 e. The molecule has 0 amide bonds. The van der Waals surface area contributed by atoms with Crippen molar-refractivity contribution in [1.29, 1.82) is 0 Å². The fourth-order valence-electron chi connectivity index (χ4n) is 3.73. The molecule has 7 N–H and O–H groups in total. The van der Waals surface area contributed by atoms with Crippen LogP contribution in [0.3, 0.4) is 0 Å². The Morgan fingerprint density at radius 2 is 1.51 bits per heavy atom. The third-order valence-corrected chi connectivity index (χ3v) is 6.66. The summed E-state index contributed by atoms with van der Waals surface area (Å²) in [6.45, 7) is 0.0587. The molecule has 0 spiro atoms. The van der Waals surface area contributed by atoms with E-state index in [4.69, 9.17) is 32.6 Å². The molecule has 0 radical (unpaired) electrons. The van der Waals surface area contributed by atoms with Crippen molar-refractivity contribution in [2.45, 2.75) is 68.1 Å².